The molecule has 6 nitrogen and oxygen atoms in total. The van der Waals surface area contributed by atoms with E-state index in [0.29, 0.717) is 5.56 Å². The molecule has 0 aliphatic carbocycles. The summed E-state index contributed by atoms with van der Waals surface area (Å²) >= 11 is 0. The zero-order valence-electron chi connectivity index (χ0n) is 7.58. The van der Waals surface area contributed by atoms with Crippen molar-refractivity contribution < 1.29 is 21.4 Å². The molecular formula is C7H7NO5S2. The van der Waals surface area contributed by atoms with E-state index in [2.05, 4.69) is 4.36 Å². The van der Waals surface area contributed by atoms with Crippen molar-refractivity contribution in [2.24, 2.45) is 4.36 Å². The fourth-order valence-corrected chi connectivity index (χ4v) is 1.79. The molecule has 1 aromatic rings. The lowest BCUT2D eigenvalue weighted by Gasteiger charge is -2.00. The Morgan fingerprint density at radius 1 is 1.33 bits per heavy atom. The van der Waals surface area contributed by atoms with E-state index >= 15 is 0 Å². The Morgan fingerprint density at radius 3 is 2.40 bits per heavy atom. The smallest absolute Gasteiger partial charge is 0.282 e. The van der Waals surface area contributed by atoms with E-state index in [9.17, 15) is 16.8 Å². The second-order valence-corrected chi connectivity index (χ2v) is 4.77. The van der Waals surface area contributed by atoms with Crippen molar-refractivity contribution in [2.75, 3.05) is 0 Å². The van der Waals surface area contributed by atoms with Gasteiger partial charge < -0.3 is 0 Å². The highest BCUT2D eigenvalue weighted by Gasteiger charge is 2.11. The number of aryl methyl sites for hydroxylation is 1. The lowest BCUT2D eigenvalue weighted by atomic mass is 10.2. The van der Waals surface area contributed by atoms with Crippen molar-refractivity contribution in [2.45, 2.75) is 11.8 Å². The van der Waals surface area contributed by atoms with Crippen LogP contribution in [0.2, 0.25) is 0 Å². The standard InChI is InChI=1S/C7H7NO5S2/c1-5-2-3-6(15(11,12)13)4-7(5)8-14(9)10/h2-4H,1H3,(H,11,12,13). The molecule has 0 aromatic heterocycles. The number of rotatable bonds is 2. The van der Waals surface area contributed by atoms with Gasteiger partial charge in [0.15, 0.2) is 0 Å². The first-order chi connectivity index (χ1) is 6.80. The van der Waals surface area contributed by atoms with Crippen molar-refractivity contribution in [1.82, 2.24) is 0 Å². The first-order valence-corrected chi connectivity index (χ1v) is 6.17. The number of hydrogen-bond donors (Lipinski definition) is 1. The van der Waals surface area contributed by atoms with E-state index in [1.807, 2.05) is 0 Å². The predicted molar refractivity (Wildman–Crippen MR) is 52.0 cm³/mol. The zero-order valence-corrected chi connectivity index (χ0v) is 9.21. The summed E-state index contributed by atoms with van der Waals surface area (Å²) in [7, 11) is -7.00. The number of nitrogens with zero attached hydrogens (tertiary/aromatic N) is 1. The van der Waals surface area contributed by atoms with Crippen molar-refractivity contribution in [1.29, 1.82) is 0 Å². The van der Waals surface area contributed by atoms with Gasteiger partial charge in [0.25, 0.3) is 10.1 Å². The maximum Gasteiger partial charge on any atom is 0.316 e. The van der Waals surface area contributed by atoms with E-state index in [0.717, 1.165) is 12.1 Å². The molecule has 0 atom stereocenters. The Balaban J connectivity index is 3.49. The number of hydrogen-bond acceptors (Lipinski definition) is 5. The molecular weight excluding hydrogens is 242 g/mol. The van der Waals surface area contributed by atoms with E-state index in [4.69, 9.17) is 4.55 Å². The third kappa shape index (κ3) is 3.11. The minimum Gasteiger partial charge on any atom is -0.282 e. The van der Waals surface area contributed by atoms with Crippen molar-refractivity contribution >= 4 is 26.3 Å². The lowest BCUT2D eigenvalue weighted by molar-refractivity contribution is 0.483. The van der Waals surface area contributed by atoms with Crippen molar-refractivity contribution in [3.8, 4) is 0 Å². The van der Waals surface area contributed by atoms with Crippen LogP contribution in [0.1, 0.15) is 5.56 Å². The maximum atomic E-state index is 10.7. The highest BCUT2D eigenvalue weighted by Crippen LogP contribution is 2.22. The Kier molecular flexibility index (Phi) is 3.22. The molecule has 0 unspecified atom stereocenters. The van der Waals surface area contributed by atoms with Gasteiger partial charge in [-0.1, -0.05) is 6.07 Å². The summed E-state index contributed by atoms with van der Waals surface area (Å²) in [4.78, 5) is -0.391. The third-order valence-electron chi connectivity index (χ3n) is 1.65. The first kappa shape index (κ1) is 11.8. The van der Waals surface area contributed by atoms with Gasteiger partial charge in [-0.05, 0) is 24.6 Å². The van der Waals surface area contributed by atoms with E-state index < -0.39 is 25.5 Å². The van der Waals surface area contributed by atoms with E-state index in [-0.39, 0.29) is 5.69 Å². The van der Waals surface area contributed by atoms with Crippen LogP contribution >= 0.6 is 0 Å². The van der Waals surface area contributed by atoms with Gasteiger partial charge in [0.05, 0.1) is 10.6 Å². The van der Waals surface area contributed by atoms with Crippen LogP contribution in [0.3, 0.4) is 0 Å². The van der Waals surface area contributed by atoms with Crippen molar-refractivity contribution in [3.05, 3.63) is 23.8 Å². The summed E-state index contributed by atoms with van der Waals surface area (Å²) in [5.41, 5.74) is 0.477. The molecule has 0 aliphatic rings. The third-order valence-corrected chi connectivity index (χ3v) is 2.85. The molecule has 0 saturated heterocycles. The summed E-state index contributed by atoms with van der Waals surface area (Å²) in [5.74, 6) is 0. The molecule has 1 aromatic carbocycles. The summed E-state index contributed by atoms with van der Waals surface area (Å²) < 4.78 is 54.0. The molecule has 0 spiro atoms. The highest BCUT2D eigenvalue weighted by molar-refractivity contribution is 7.85. The topological polar surface area (TPSA) is 101 Å². The monoisotopic (exact) mass is 249 g/mol. The van der Waals surface area contributed by atoms with Gasteiger partial charge in [-0.3, -0.25) is 4.55 Å². The lowest BCUT2D eigenvalue weighted by Crippen LogP contribution is -1.97. The fraction of sp³-hybridized carbons (Fsp3) is 0.143. The number of benzene rings is 1. The van der Waals surface area contributed by atoms with Gasteiger partial charge >= 0.3 is 10.5 Å². The molecule has 0 saturated carbocycles. The molecule has 1 rings (SSSR count). The summed E-state index contributed by atoms with van der Waals surface area (Å²) in [6.07, 6.45) is 0. The quantitative estimate of drug-likeness (QED) is 0.786. The molecule has 8 heteroatoms. The molecule has 0 fully saturated rings. The molecule has 0 radical (unpaired) electrons. The normalized spacial score (nSPS) is 11.1. The van der Waals surface area contributed by atoms with Gasteiger partial charge in [0.1, 0.15) is 0 Å². The Bertz CT molecular complexity index is 607. The van der Waals surface area contributed by atoms with E-state index in [1.54, 1.807) is 6.92 Å². The summed E-state index contributed by atoms with van der Waals surface area (Å²) in [6, 6.07) is 3.51. The molecule has 0 amide bonds. The van der Waals surface area contributed by atoms with E-state index in [1.165, 1.54) is 6.07 Å². The predicted octanol–water partition coefficient (Wildman–Crippen LogP) is 0.936. The van der Waals surface area contributed by atoms with Crippen LogP contribution in [0, 0.1) is 6.92 Å². The molecule has 1 N–H and O–H groups in total. The average molecular weight is 249 g/mol. The SMILES string of the molecule is Cc1ccc(S(=O)(=O)O)cc1N=S(=O)=O. The summed E-state index contributed by atoms with van der Waals surface area (Å²) in [5, 5.41) is 0. The van der Waals surface area contributed by atoms with Gasteiger partial charge in [-0.25, -0.2) is 0 Å². The Hall–Kier alpha value is -1.25. The second kappa shape index (κ2) is 4.09. The van der Waals surface area contributed by atoms with Crippen LogP contribution < -0.4 is 0 Å². The van der Waals surface area contributed by atoms with Crippen LogP contribution in [0.5, 0.6) is 0 Å². The Labute approximate surface area is 88.0 Å². The van der Waals surface area contributed by atoms with Crippen LogP contribution in [0.25, 0.3) is 0 Å². The van der Waals surface area contributed by atoms with Crippen LogP contribution in [-0.4, -0.2) is 21.4 Å². The molecule has 0 bridgehead atoms. The van der Waals surface area contributed by atoms with Crippen LogP contribution in [0.15, 0.2) is 27.5 Å². The van der Waals surface area contributed by atoms with Gasteiger partial charge in [0.2, 0.25) is 0 Å². The molecule has 0 aliphatic heterocycles. The second-order valence-electron chi connectivity index (χ2n) is 2.73. The largest absolute Gasteiger partial charge is 0.316 e. The molecule has 0 heterocycles. The fourth-order valence-electron chi connectivity index (χ4n) is 0.928. The van der Waals surface area contributed by atoms with Crippen LogP contribution in [-0.2, 0) is 20.6 Å². The molecule has 82 valence electrons. The minimum absolute atomic E-state index is 0.0153. The minimum atomic E-state index is -4.34. The molecule has 15 heavy (non-hydrogen) atoms. The van der Waals surface area contributed by atoms with Gasteiger partial charge in [-0.2, -0.15) is 16.8 Å². The highest BCUT2D eigenvalue weighted by atomic mass is 32.2. The van der Waals surface area contributed by atoms with Gasteiger partial charge in [0, 0.05) is 0 Å². The zero-order chi connectivity index (χ0) is 11.6. The first-order valence-electron chi connectivity index (χ1n) is 3.70. The van der Waals surface area contributed by atoms with Crippen LogP contribution in [0.4, 0.5) is 5.69 Å². The van der Waals surface area contributed by atoms with Gasteiger partial charge in [-0.15, -0.1) is 4.36 Å². The van der Waals surface area contributed by atoms with Crippen molar-refractivity contribution in [3.63, 3.8) is 0 Å². The Morgan fingerprint density at radius 2 is 1.93 bits per heavy atom. The summed E-state index contributed by atoms with van der Waals surface area (Å²) in [6.45, 7) is 1.57. The maximum absolute atomic E-state index is 10.7. The average Bonchev–Trinajstić information content (AvgIpc) is 2.06.